The second kappa shape index (κ2) is 9.16. The molecule has 2 aliphatic rings. The number of likely N-dealkylation sites (tertiary alicyclic amines) is 1. The van der Waals surface area contributed by atoms with Crippen LogP contribution in [0.15, 0.2) is 42.5 Å². The molecule has 164 valence electrons. The van der Waals surface area contributed by atoms with E-state index in [1.54, 1.807) is 12.1 Å². The molecule has 2 heterocycles. The van der Waals surface area contributed by atoms with Crippen LogP contribution in [0.25, 0.3) is 11.1 Å². The molecule has 0 bridgehead atoms. The fourth-order valence-electron chi connectivity index (χ4n) is 4.16. The van der Waals surface area contributed by atoms with Crippen molar-refractivity contribution in [3.8, 4) is 11.1 Å². The standard InChI is InChI=1S/C24H27FN2O4/c1-16(28)2-8-21-15-27(24(30)31-21)19-7-9-22(23(25)12-19)18-5-3-17(4-6-18)13-26-11-10-20(29)14-26/h3-7,9,12,20-21,29H,2,8,10-11,13-15H2,1H3/t20-,21-/m0/s1. The van der Waals surface area contributed by atoms with Crippen molar-refractivity contribution in [3.05, 3.63) is 53.8 Å². The van der Waals surface area contributed by atoms with E-state index in [0.29, 0.717) is 37.2 Å². The number of aliphatic hydroxyl groups is 1. The van der Waals surface area contributed by atoms with Crippen LogP contribution in [0.2, 0.25) is 0 Å². The molecule has 0 radical (unpaired) electrons. The van der Waals surface area contributed by atoms with Gasteiger partial charge in [0.05, 0.1) is 18.3 Å². The van der Waals surface area contributed by atoms with Gasteiger partial charge in [-0.1, -0.05) is 24.3 Å². The molecule has 0 aromatic heterocycles. The first-order chi connectivity index (χ1) is 14.9. The summed E-state index contributed by atoms with van der Waals surface area (Å²) in [5.74, 6) is -0.359. The zero-order chi connectivity index (χ0) is 22.0. The Hall–Kier alpha value is -2.77. The zero-order valence-corrected chi connectivity index (χ0v) is 17.6. The van der Waals surface area contributed by atoms with Gasteiger partial charge in [0.25, 0.3) is 0 Å². The number of aliphatic hydroxyl groups excluding tert-OH is 1. The monoisotopic (exact) mass is 426 g/mol. The topological polar surface area (TPSA) is 70.1 Å². The minimum Gasteiger partial charge on any atom is -0.444 e. The van der Waals surface area contributed by atoms with Crippen molar-refractivity contribution in [2.45, 2.75) is 44.9 Å². The number of ether oxygens (including phenoxy) is 1. The quantitative estimate of drug-likeness (QED) is 0.730. The van der Waals surface area contributed by atoms with Crippen LogP contribution < -0.4 is 4.90 Å². The zero-order valence-electron chi connectivity index (χ0n) is 17.6. The number of Topliss-reactive ketones (excluding diaryl/α,β-unsaturated/α-hetero) is 1. The lowest BCUT2D eigenvalue weighted by molar-refractivity contribution is -0.117. The number of amides is 1. The molecule has 2 aromatic carbocycles. The van der Waals surface area contributed by atoms with Crippen molar-refractivity contribution < 1.29 is 23.8 Å². The third-order valence-corrected chi connectivity index (χ3v) is 5.88. The van der Waals surface area contributed by atoms with Gasteiger partial charge >= 0.3 is 6.09 Å². The smallest absolute Gasteiger partial charge is 0.414 e. The lowest BCUT2D eigenvalue weighted by atomic mass is 10.0. The van der Waals surface area contributed by atoms with E-state index in [0.717, 1.165) is 30.6 Å². The molecule has 0 unspecified atom stereocenters. The third-order valence-electron chi connectivity index (χ3n) is 5.88. The highest BCUT2D eigenvalue weighted by atomic mass is 19.1. The van der Waals surface area contributed by atoms with E-state index in [9.17, 15) is 19.1 Å². The summed E-state index contributed by atoms with van der Waals surface area (Å²) >= 11 is 0. The SMILES string of the molecule is CC(=O)CC[C@H]1CN(c2ccc(-c3ccc(CN4CC[C@H](O)C4)cc3)c(F)c2)C(=O)O1. The molecule has 2 aliphatic heterocycles. The lowest BCUT2D eigenvalue weighted by Crippen LogP contribution is -2.24. The van der Waals surface area contributed by atoms with Gasteiger partial charge in [0.1, 0.15) is 17.7 Å². The molecule has 6 nitrogen and oxygen atoms in total. The summed E-state index contributed by atoms with van der Waals surface area (Å²) in [4.78, 5) is 26.9. The molecule has 2 atom stereocenters. The van der Waals surface area contributed by atoms with Crippen molar-refractivity contribution in [3.63, 3.8) is 0 Å². The number of hydrogen-bond donors (Lipinski definition) is 1. The predicted octanol–water partition coefficient (Wildman–Crippen LogP) is 3.75. The number of benzene rings is 2. The molecule has 2 saturated heterocycles. The molecule has 2 fully saturated rings. The van der Waals surface area contributed by atoms with Crippen LogP contribution in [-0.4, -0.2) is 53.7 Å². The molecule has 1 N–H and O–H groups in total. The van der Waals surface area contributed by atoms with E-state index in [1.165, 1.54) is 17.9 Å². The Labute approximate surface area is 181 Å². The van der Waals surface area contributed by atoms with Gasteiger partial charge in [-0.3, -0.25) is 9.80 Å². The largest absolute Gasteiger partial charge is 0.444 e. The maximum atomic E-state index is 14.9. The number of β-amino-alcohol motifs (C(OH)–C–C–N with tert-alkyl or cyclic N) is 1. The van der Waals surface area contributed by atoms with Crippen molar-refractivity contribution in [2.75, 3.05) is 24.5 Å². The van der Waals surface area contributed by atoms with Crippen LogP contribution in [0, 0.1) is 5.82 Å². The fourth-order valence-corrected chi connectivity index (χ4v) is 4.16. The molecule has 0 spiro atoms. The molecule has 2 aromatic rings. The van der Waals surface area contributed by atoms with E-state index in [1.807, 2.05) is 24.3 Å². The number of ketones is 1. The average Bonchev–Trinajstić information content (AvgIpc) is 3.32. The van der Waals surface area contributed by atoms with Crippen LogP contribution in [0.5, 0.6) is 0 Å². The number of carbonyl (C=O) groups is 2. The average molecular weight is 426 g/mol. The first-order valence-electron chi connectivity index (χ1n) is 10.7. The van der Waals surface area contributed by atoms with E-state index < -0.39 is 11.9 Å². The summed E-state index contributed by atoms with van der Waals surface area (Å²) < 4.78 is 20.2. The van der Waals surface area contributed by atoms with E-state index in [2.05, 4.69) is 4.90 Å². The molecule has 31 heavy (non-hydrogen) atoms. The van der Waals surface area contributed by atoms with Gasteiger partial charge in [0, 0.05) is 31.6 Å². The molecule has 4 rings (SSSR count). The number of anilines is 1. The third kappa shape index (κ3) is 5.11. The summed E-state index contributed by atoms with van der Waals surface area (Å²) in [7, 11) is 0. The Kier molecular flexibility index (Phi) is 6.34. The summed E-state index contributed by atoms with van der Waals surface area (Å²) in [6.07, 6.45) is 0.510. The molecule has 1 amide bonds. The van der Waals surface area contributed by atoms with Crippen molar-refractivity contribution in [1.29, 1.82) is 0 Å². The number of halogens is 1. The second-order valence-electron chi connectivity index (χ2n) is 8.40. The van der Waals surface area contributed by atoms with Crippen molar-refractivity contribution in [2.24, 2.45) is 0 Å². The Morgan fingerprint density at radius 3 is 2.61 bits per heavy atom. The van der Waals surface area contributed by atoms with Crippen LogP contribution in [-0.2, 0) is 16.1 Å². The van der Waals surface area contributed by atoms with Crippen LogP contribution in [0.1, 0.15) is 31.7 Å². The van der Waals surface area contributed by atoms with E-state index in [-0.39, 0.29) is 18.0 Å². The summed E-state index contributed by atoms with van der Waals surface area (Å²) in [6.45, 7) is 4.15. The minimum atomic E-state index is -0.517. The molecular formula is C24H27FN2O4. The van der Waals surface area contributed by atoms with Gasteiger partial charge in [-0.2, -0.15) is 0 Å². The number of hydrogen-bond acceptors (Lipinski definition) is 5. The van der Waals surface area contributed by atoms with Gasteiger partial charge in [0.15, 0.2) is 0 Å². The maximum absolute atomic E-state index is 14.9. The van der Waals surface area contributed by atoms with Crippen LogP contribution in [0.3, 0.4) is 0 Å². The Morgan fingerprint density at radius 2 is 1.97 bits per heavy atom. The highest BCUT2D eigenvalue weighted by molar-refractivity contribution is 5.90. The number of cyclic esters (lactones) is 1. The summed E-state index contributed by atoms with van der Waals surface area (Å²) in [5, 5.41) is 9.65. The van der Waals surface area contributed by atoms with Crippen LogP contribution in [0.4, 0.5) is 14.9 Å². The van der Waals surface area contributed by atoms with Gasteiger partial charge in [-0.15, -0.1) is 0 Å². The lowest BCUT2D eigenvalue weighted by Gasteiger charge is -2.16. The Balaban J connectivity index is 1.43. The summed E-state index contributed by atoms with van der Waals surface area (Å²) in [5.41, 5.74) is 2.79. The maximum Gasteiger partial charge on any atom is 0.414 e. The Bertz CT molecular complexity index is 963. The number of nitrogens with zero attached hydrogens (tertiary/aromatic N) is 2. The van der Waals surface area contributed by atoms with E-state index >= 15 is 0 Å². The van der Waals surface area contributed by atoms with Crippen molar-refractivity contribution >= 4 is 17.6 Å². The first kappa shape index (κ1) is 21.5. The fraction of sp³-hybridized carbons (Fsp3) is 0.417. The summed E-state index contributed by atoms with van der Waals surface area (Å²) in [6, 6.07) is 12.5. The molecular weight excluding hydrogens is 399 g/mol. The molecule has 0 saturated carbocycles. The van der Waals surface area contributed by atoms with E-state index in [4.69, 9.17) is 4.74 Å². The Morgan fingerprint density at radius 1 is 1.19 bits per heavy atom. The van der Waals surface area contributed by atoms with Gasteiger partial charge < -0.3 is 14.6 Å². The first-order valence-corrected chi connectivity index (χ1v) is 10.7. The predicted molar refractivity (Wildman–Crippen MR) is 115 cm³/mol. The normalized spacial score (nSPS) is 21.5. The number of carbonyl (C=O) groups excluding carboxylic acids is 2. The minimum absolute atomic E-state index is 0.0499. The van der Waals surface area contributed by atoms with Gasteiger partial charge in [0.2, 0.25) is 0 Å². The highest BCUT2D eigenvalue weighted by Gasteiger charge is 2.32. The molecule has 0 aliphatic carbocycles. The van der Waals surface area contributed by atoms with Crippen molar-refractivity contribution in [1.82, 2.24) is 4.90 Å². The second-order valence-corrected chi connectivity index (χ2v) is 8.40. The van der Waals surface area contributed by atoms with Crippen LogP contribution >= 0.6 is 0 Å². The van der Waals surface area contributed by atoms with Gasteiger partial charge in [-0.25, -0.2) is 9.18 Å². The molecule has 7 heteroatoms. The number of rotatable bonds is 7. The highest BCUT2D eigenvalue weighted by Crippen LogP contribution is 2.30. The van der Waals surface area contributed by atoms with Gasteiger partial charge in [-0.05, 0) is 49.1 Å².